The van der Waals surface area contributed by atoms with E-state index in [-0.39, 0.29) is 35.1 Å². The Labute approximate surface area is 184 Å². The molecule has 12 heteroatoms. The predicted octanol–water partition coefficient (Wildman–Crippen LogP) is 1.49. The van der Waals surface area contributed by atoms with E-state index >= 15 is 0 Å². The highest BCUT2D eigenvalue weighted by Crippen LogP contribution is 2.34. The van der Waals surface area contributed by atoms with E-state index in [9.17, 15) is 26.9 Å². The van der Waals surface area contributed by atoms with Crippen LogP contribution in [-0.2, 0) is 24.1 Å². The normalized spacial score (nSPS) is 12.0. The lowest BCUT2D eigenvalue weighted by Gasteiger charge is -2.27. The second-order valence-corrected chi connectivity index (χ2v) is 11.0. The van der Waals surface area contributed by atoms with Crippen molar-refractivity contribution in [3.8, 4) is 12.3 Å². The molecule has 0 unspecified atom stereocenters. The van der Waals surface area contributed by atoms with E-state index in [1.54, 1.807) is 4.90 Å². The average molecular weight is 476 g/mol. The van der Waals surface area contributed by atoms with Gasteiger partial charge >= 0.3 is 0 Å². The summed E-state index contributed by atoms with van der Waals surface area (Å²) in [7, 11) is -3.98. The molecule has 0 aromatic heterocycles. The minimum atomic E-state index is -3.92. The van der Waals surface area contributed by atoms with Crippen LogP contribution in [0.1, 0.15) is 25.3 Å². The summed E-state index contributed by atoms with van der Waals surface area (Å²) < 4.78 is 53.7. The number of hydrogen-bond donors (Lipinski definition) is 0. The molecule has 1 rings (SSSR count). The van der Waals surface area contributed by atoms with Crippen LogP contribution in [0.4, 0.5) is 11.4 Å². The van der Waals surface area contributed by atoms with Gasteiger partial charge in [0.1, 0.15) is 0 Å². The van der Waals surface area contributed by atoms with Gasteiger partial charge in [0.05, 0.1) is 39.7 Å². The first-order chi connectivity index (χ1) is 14.3. The summed E-state index contributed by atoms with van der Waals surface area (Å²) in [6, 6.07) is 2.16. The molecule has 31 heavy (non-hydrogen) atoms. The zero-order chi connectivity index (χ0) is 23.8. The quantitative estimate of drug-likeness (QED) is 0.180. The van der Waals surface area contributed by atoms with Crippen LogP contribution < -0.4 is 4.90 Å². The maximum absolute atomic E-state index is 13.2. The topological polar surface area (TPSA) is 127 Å². The first-order valence-electron chi connectivity index (χ1n) is 9.58. The van der Waals surface area contributed by atoms with E-state index in [4.69, 9.17) is 10.6 Å². The van der Waals surface area contributed by atoms with Gasteiger partial charge in [-0.2, -0.15) is 8.42 Å². The highest BCUT2D eigenvalue weighted by molar-refractivity contribution is 7.91. The van der Waals surface area contributed by atoms with Crippen molar-refractivity contribution in [3.63, 3.8) is 0 Å². The molecule has 0 fully saturated rings. The molecule has 1 aromatic rings. The first-order valence-corrected chi connectivity index (χ1v) is 13.0. The number of nitro groups is 1. The van der Waals surface area contributed by atoms with E-state index in [1.165, 1.54) is 0 Å². The monoisotopic (exact) mass is 475 g/mol. The Morgan fingerprint density at radius 3 is 2.29 bits per heavy atom. The second kappa shape index (κ2) is 11.4. The van der Waals surface area contributed by atoms with E-state index in [0.717, 1.165) is 18.4 Å². The number of sulfone groups is 1. The van der Waals surface area contributed by atoms with Gasteiger partial charge in [-0.15, -0.1) is 6.42 Å². The molecule has 0 spiro atoms. The number of rotatable bonds is 13. The van der Waals surface area contributed by atoms with Crippen LogP contribution >= 0.6 is 0 Å². The predicted molar refractivity (Wildman–Crippen MR) is 120 cm³/mol. The summed E-state index contributed by atoms with van der Waals surface area (Å²) in [6.07, 6.45) is 7.41. The van der Waals surface area contributed by atoms with E-state index < -0.39 is 30.6 Å². The van der Waals surface area contributed by atoms with Crippen molar-refractivity contribution in [2.24, 2.45) is 0 Å². The van der Waals surface area contributed by atoms with Crippen molar-refractivity contribution >= 4 is 31.3 Å². The summed E-state index contributed by atoms with van der Waals surface area (Å²) in [5, 5.41) is 11.4. The fourth-order valence-corrected chi connectivity index (χ4v) is 4.90. The van der Waals surface area contributed by atoms with Gasteiger partial charge in [0, 0.05) is 25.2 Å². The maximum Gasteiger partial charge on any atom is 0.272 e. The molecule has 0 aliphatic heterocycles. The summed E-state index contributed by atoms with van der Waals surface area (Å²) in [5.74, 6) is 2.13. The average Bonchev–Trinajstić information content (AvgIpc) is 2.64. The standard InChI is InChI=1S/C19H29N3O7S2/c1-6-9-21(11-12-29-30(5,25)26)19-16(7-2)14-17(22(23)24)15-18(19)31(27,28)13-8-10-20(3)4/h2,14-15H,6,8-13H2,1,3-5H3. The van der Waals surface area contributed by atoms with Gasteiger partial charge in [0.2, 0.25) is 0 Å². The molecule has 0 radical (unpaired) electrons. The summed E-state index contributed by atoms with van der Waals surface area (Å²) >= 11 is 0. The summed E-state index contributed by atoms with van der Waals surface area (Å²) in [4.78, 5) is 13.9. The molecule has 1 aromatic carbocycles. The van der Waals surface area contributed by atoms with Crippen molar-refractivity contribution in [2.75, 3.05) is 57.2 Å². The highest BCUT2D eigenvalue weighted by Gasteiger charge is 2.28. The molecule has 10 nitrogen and oxygen atoms in total. The van der Waals surface area contributed by atoms with Crippen molar-refractivity contribution in [1.29, 1.82) is 0 Å². The van der Waals surface area contributed by atoms with Crippen molar-refractivity contribution in [1.82, 2.24) is 4.90 Å². The van der Waals surface area contributed by atoms with Crippen molar-refractivity contribution in [2.45, 2.75) is 24.7 Å². The fourth-order valence-electron chi connectivity index (χ4n) is 2.96. The van der Waals surface area contributed by atoms with Crippen LogP contribution in [-0.4, -0.2) is 79.0 Å². The lowest BCUT2D eigenvalue weighted by atomic mass is 10.1. The van der Waals surface area contributed by atoms with Crippen LogP contribution in [0.2, 0.25) is 0 Å². The smallest absolute Gasteiger partial charge is 0.272 e. The fraction of sp³-hybridized carbons (Fsp3) is 0.579. The Morgan fingerprint density at radius 1 is 1.16 bits per heavy atom. The third kappa shape index (κ3) is 8.45. The third-order valence-electron chi connectivity index (χ3n) is 4.25. The highest BCUT2D eigenvalue weighted by atomic mass is 32.2. The number of terminal acetylenes is 1. The Morgan fingerprint density at radius 2 is 1.81 bits per heavy atom. The van der Waals surface area contributed by atoms with Crippen molar-refractivity contribution < 1.29 is 25.9 Å². The Kier molecular flexibility index (Phi) is 9.89. The van der Waals surface area contributed by atoms with Crippen LogP contribution in [0.3, 0.4) is 0 Å². The van der Waals surface area contributed by atoms with Gasteiger partial charge in [-0.05, 0) is 33.5 Å². The second-order valence-electron chi connectivity index (χ2n) is 7.23. The molecule has 0 bridgehead atoms. The largest absolute Gasteiger partial charge is 0.367 e. The molecular formula is C19H29N3O7S2. The van der Waals surface area contributed by atoms with Gasteiger partial charge in [0.25, 0.3) is 15.8 Å². The van der Waals surface area contributed by atoms with Gasteiger partial charge in [-0.1, -0.05) is 12.8 Å². The number of nitrogens with zero attached hydrogens (tertiary/aromatic N) is 3. The number of nitro benzene ring substituents is 1. The number of non-ortho nitro benzene ring substituents is 1. The molecule has 0 saturated carbocycles. The van der Waals surface area contributed by atoms with E-state index in [2.05, 4.69) is 5.92 Å². The maximum atomic E-state index is 13.2. The Bertz CT molecular complexity index is 1030. The third-order valence-corrected chi connectivity index (χ3v) is 6.65. The number of hydrogen-bond acceptors (Lipinski definition) is 9. The van der Waals surface area contributed by atoms with Gasteiger partial charge in [-0.3, -0.25) is 14.3 Å². The van der Waals surface area contributed by atoms with Crippen LogP contribution in [0.15, 0.2) is 17.0 Å². The van der Waals surface area contributed by atoms with Gasteiger partial charge < -0.3 is 9.80 Å². The first kappa shape index (κ1) is 26.8. The Hall–Kier alpha value is -2.20. The van der Waals surface area contributed by atoms with E-state index in [0.29, 0.717) is 25.9 Å². The SMILES string of the molecule is C#Cc1cc([N+](=O)[O-])cc(S(=O)(=O)CCCN(C)C)c1N(CCC)CCOS(C)(=O)=O. The lowest BCUT2D eigenvalue weighted by molar-refractivity contribution is -0.385. The van der Waals surface area contributed by atoms with Gasteiger partial charge in [0.15, 0.2) is 9.84 Å². The van der Waals surface area contributed by atoms with Gasteiger partial charge in [-0.25, -0.2) is 8.42 Å². The molecule has 0 N–H and O–H groups in total. The number of anilines is 1. The molecular weight excluding hydrogens is 446 g/mol. The molecule has 174 valence electrons. The van der Waals surface area contributed by atoms with Crippen LogP contribution in [0.5, 0.6) is 0 Å². The minimum Gasteiger partial charge on any atom is -0.367 e. The molecule has 0 aliphatic carbocycles. The molecule has 0 amide bonds. The molecule has 0 atom stereocenters. The molecule has 0 aliphatic rings. The van der Waals surface area contributed by atoms with Crippen molar-refractivity contribution in [3.05, 3.63) is 27.8 Å². The molecule has 0 saturated heterocycles. The van der Waals surface area contributed by atoms with Crippen LogP contribution in [0.25, 0.3) is 0 Å². The van der Waals surface area contributed by atoms with Crippen LogP contribution in [0, 0.1) is 22.5 Å². The Balaban J connectivity index is 3.56. The zero-order valence-electron chi connectivity index (χ0n) is 18.2. The zero-order valence-corrected chi connectivity index (χ0v) is 19.8. The van der Waals surface area contributed by atoms with E-state index in [1.807, 2.05) is 25.9 Å². The lowest BCUT2D eigenvalue weighted by Crippen LogP contribution is -2.31. The summed E-state index contributed by atoms with van der Waals surface area (Å²) in [6.45, 7) is 2.54. The number of benzene rings is 1. The summed E-state index contributed by atoms with van der Waals surface area (Å²) in [5.41, 5.74) is -0.225. The molecule has 0 heterocycles. The minimum absolute atomic E-state index is 0.0353.